The highest BCUT2D eigenvalue weighted by Gasteiger charge is 2.30. The summed E-state index contributed by atoms with van der Waals surface area (Å²) in [5.41, 5.74) is 0.561. The number of hydrogen-bond acceptors (Lipinski definition) is 3. The smallest absolute Gasteiger partial charge is 0.406 e. The second-order valence-corrected chi connectivity index (χ2v) is 4.15. The van der Waals surface area contributed by atoms with Gasteiger partial charge >= 0.3 is 6.36 Å². The lowest BCUT2D eigenvalue weighted by Crippen LogP contribution is -2.16. The first-order valence-electron chi connectivity index (χ1n) is 6.18. The number of ether oxygens (including phenoxy) is 1. The van der Waals surface area contributed by atoms with Crippen molar-refractivity contribution in [3.05, 3.63) is 60.3 Å². The Kier molecular flexibility index (Phi) is 4.77. The molecule has 0 bridgehead atoms. The predicted molar refractivity (Wildman–Crippen MR) is 75.0 cm³/mol. The zero-order valence-electron chi connectivity index (χ0n) is 11.2. The van der Waals surface area contributed by atoms with Gasteiger partial charge in [0.05, 0.1) is 0 Å². The summed E-state index contributed by atoms with van der Waals surface area (Å²) in [5, 5.41) is 2.54. The third-order valence-electron chi connectivity index (χ3n) is 2.46. The largest absolute Gasteiger partial charge is 0.573 e. The van der Waals surface area contributed by atoms with Crippen LogP contribution in [0.5, 0.6) is 5.75 Å². The van der Waals surface area contributed by atoms with Gasteiger partial charge in [-0.3, -0.25) is 4.79 Å². The Morgan fingerprint density at radius 2 is 1.86 bits per heavy atom. The van der Waals surface area contributed by atoms with Gasteiger partial charge < -0.3 is 10.1 Å². The molecule has 4 nitrogen and oxygen atoms in total. The quantitative estimate of drug-likeness (QED) is 0.878. The lowest BCUT2D eigenvalue weighted by Gasteiger charge is -2.08. The van der Waals surface area contributed by atoms with Crippen LogP contribution in [0.3, 0.4) is 0 Å². The average Bonchev–Trinajstić information content (AvgIpc) is 2.46. The van der Waals surface area contributed by atoms with Crippen LogP contribution in [0.25, 0.3) is 6.08 Å². The summed E-state index contributed by atoms with van der Waals surface area (Å²) in [6, 6.07) is 10.2. The fourth-order valence-corrected chi connectivity index (χ4v) is 1.56. The zero-order chi connectivity index (χ0) is 16.0. The summed E-state index contributed by atoms with van der Waals surface area (Å²) in [5.74, 6) is -0.303. The molecule has 0 fully saturated rings. The Balaban J connectivity index is 1.94. The van der Waals surface area contributed by atoms with E-state index >= 15 is 0 Å². The standard InChI is InChI=1S/C15H11F3N2O2/c16-15(17,18)22-12-7-4-11(5-8-12)6-9-14(21)20-13-3-1-2-10-19-13/h1-10H,(H,19,20,21)/b9-6+. The maximum Gasteiger partial charge on any atom is 0.573 e. The molecule has 0 spiro atoms. The molecule has 22 heavy (non-hydrogen) atoms. The van der Waals surface area contributed by atoms with Crippen LogP contribution in [-0.4, -0.2) is 17.3 Å². The number of pyridine rings is 1. The third-order valence-corrected chi connectivity index (χ3v) is 2.46. The second kappa shape index (κ2) is 6.75. The van der Waals surface area contributed by atoms with E-state index in [9.17, 15) is 18.0 Å². The van der Waals surface area contributed by atoms with Crippen molar-refractivity contribution in [1.29, 1.82) is 0 Å². The molecule has 0 aliphatic carbocycles. The van der Waals surface area contributed by atoms with E-state index < -0.39 is 12.3 Å². The Labute approximate surface area is 124 Å². The summed E-state index contributed by atoms with van der Waals surface area (Å²) in [4.78, 5) is 15.6. The van der Waals surface area contributed by atoms with Gasteiger partial charge in [-0.05, 0) is 35.9 Å². The zero-order valence-corrected chi connectivity index (χ0v) is 11.2. The number of hydrogen-bond donors (Lipinski definition) is 1. The Morgan fingerprint density at radius 3 is 2.45 bits per heavy atom. The molecule has 0 radical (unpaired) electrons. The van der Waals surface area contributed by atoms with Gasteiger partial charge in [-0.25, -0.2) is 4.98 Å². The molecule has 0 unspecified atom stereocenters. The van der Waals surface area contributed by atoms with Crippen molar-refractivity contribution in [2.24, 2.45) is 0 Å². The van der Waals surface area contributed by atoms with E-state index in [4.69, 9.17) is 0 Å². The van der Waals surface area contributed by atoms with Gasteiger partial charge in [-0.15, -0.1) is 13.2 Å². The molecular formula is C15H11F3N2O2. The normalized spacial score (nSPS) is 11.4. The summed E-state index contributed by atoms with van der Waals surface area (Å²) in [6.07, 6.45) is -0.456. The topological polar surface area (TPSA) is 51.2 Å². The summed E-state index contributed by atoms with van der Waals surface area (Å²) in [6.45, 7) is 0. The van der Waals surface area contributed by atoms with E-state index in [1.54, 1.807) is 24.4 Å². The van der Waals surface area contributed by atoms with Gasteiger partial charge in [-0.1, -0.05) is 18.2 Å². The van der Waals surface area contributed by atoms with E-state index in [2.05, 4.69) is 15.0 Å². The van der Waals surface area contributed by atoms with Crippen LogP contribution in [0.4, 0.5) is 19.0 Å². The summed E-state index contributed by atoms with van der Waals surface area (Å²) >= 11 is 0. The minimum absolute atomic E-state index is 0.317. The molecule has 2 aromatic rings. The minimum Gasteiger partial charge on any atom is -0.406 e. The molecule has 0 aliphatic heterocycles. The summed E-state index contributed by atoms with van der Waals surface area (Å²) < 4.78 is 39.8. The lowest BCUT2D eigenvalue weighted by atomic mass is 10.2. The average molecular weight is 308 g/mol. The van der Waals surface area contributed by atoms with Crippen LogP contribution < -0.4 is 10.1 Å². The van der Waals surface area contributed by atoms with Crippen molar-refractivity contribution in [3.8, 4) is 5.75 Å². The van der Waals surface area contributed by atoms with Gasteiger partial charge in [0.2, 0.25) is 5.91 Å². The van der Waals surface area contributed by atoms with Crippen molar-refractivity contribution < 1.29 is 22.7 Å². The van der Waals surface area contributed by atoms with Crippen LogP contribution in [0.2, 0.25) is 0 Å². The molecule has 7 heteroatoms. The van der Waals surface area contributed by atoms with Gasteiger partial charge in [0, 0.05) is 12.3 Å². The predicted octanol–water partition coefficient (Wildman–Crippen LogP) is 3.63. The van der Waals surface area contributed by atoms with Crippen LogP contribution in [0, 0.1) is 0 Å². The number of aromatic nitrogens is 1. The molecule has 0 saturated heterocycles. The first-order chi connectivity index (χ1) is 10.4. The fraction of sp³-hybridized carbons (Fsp3) is 0.0667. The maximum atomic E-state index is 12.0. The van der Waals surface area contributed by atoms with Gasteiger partial charge in [0.25, 0.3) is 0 Å². The number of carbonyl (C=O) groups excluding carboxylic acids is 1. The number of nitrogens with zero attached hydrogens (tertiary/aromatic N) is 1. The molecule has 1 N–H and O–H groups in total. The Morgan fingerprint density at radius 1 is 1.14 bits per heavy atom. The molecule has 1 amide bonds. The first kappa shape index (κ1) is 15.6. The number of carbonyl (C=O) groups is 1. The minimum atomic E-state index is -4.72. The van der Waals surface area contributed by atoms with Gasteiger partial charge in [-0.2, -0.15) is 0 Å². The lowest BCUT2D eigenvalue weighted by molar-refractivity contribution is -0.274. The SMILES string of the molecule is O=C(/C=C/c1ccc(OC(F)(F)F)cc1)Nc1ccccn1. The maximum absolute atomic E-state index is 12.0. The van der Waals surface area contributed by atoms with E-state index in [0.717, 1.165) is 0 Å². The fourth-order valence-electron chi connectivity index (χ4n) is 1.56. The highest BCUT2D eigenvalue weighted by atomic mass is 19.4. The van der Waals surface area contributed by atoms with Crippen molar-refractivity contribution in [2.45, 2.75) is 6.36 Å². The van der Waals surface area contributed by atoms with E-state index in [1.807, 2.05) is 0 Å². The second-order valence-electron chi connectivity index (χ2n) is 4.15. The molecule has 114 valence electrons. The number of alkyl halides is 3. The van der Waals surface area contributed by atoms with Crippen molar-refractivity contribution in [2.75, 3.05) is 5.32 Å². The van der Waals surface area contributed by atoms with Crippen LogP contribution in [0.1, 0.15) is 5.56 Å². The molecule has 0 aliphatic rings. The van der Waals surface area contributed by atoms with Gasteiger partial charge in [0.1, 0.15) is 11.6 Å². The van der Waals surface area contributed by atoms with Crippen LogP contribution in [0.15, 0.2) is 54.7 Å². The molecule has 1 aromatic heterocycles. The van der Waals surface area contributed by atoms with E-state index in [0.29, 0.717) is 11.4 Å². The van der Waals surface area contributed by atoms with E-state index in [-0.39, 0.29) is 5.75 Å². The molecular weight excluding hydrogens is 297 g/mol. The molecule has 2 rings (SSSR count). The number of rotatable bonds is 4. The highest BCUT2D eigenvalue weighted by molar-refractivity contribution is 6.01. The number of benzene rings is 1. The Bertz CT molecular complexity index is 653. The number of amides is 1. The molecule has 1 heterocycles. The summed E-state index contributed by atoms with van der Waals surface area (Å²) in [7, 11) is 0. The van der Waals surface area contributed by atoms with Crippen LogP contribution in [-0.2, 0) is 4.79 Å². The first-order valence-corrected chi connectivity index (χ1v) is 6.18. The molecule has 0 atom stereocenters. The molecule has 0 saturated carbocycles. The Hall–Kier alpha value is -2.83. The highest BCUT2D eigenvalue weighted by Crippen LogP contribution is 2.22. The third kappa shape index (κ3) is 5.28. The molecule has 1 aromatic carbocycles. The monoisotopic (exact) mass is 308 g/mol. The van der Waals surface area contributed by atoms with Crippen molar-refractivity contribution in [1.82, 2.24) is 4.98 Å². The van der Waals surface area contributed by atoms with Gasteiger partial charge in [0.15, 0.2) is 0 Å². The van der Waals surface area contributed by atoms with Crippen molar-refractivity contribution >= 4 is 17.8 Å². The van der Waals surface area contributed by atoms with Crippen molar-refractivity contribution in [3.63, 3.8) is 0 Å². The number of anilines is 1. The number of nitrogens with one attached hydrogen (secondary N) is 1. The number of halogens is 3. The van der Waals surface area contributed by atoms with Crippen LogP contribution >= 0.6 is 0 Å². The van der Waals surface area contributed by atoms with E-state index in [1.165, 1.54) is 36.4 Å².